The molecular weight excluding hydrogens is 315 g/mol. The second-order valence-corrected chi connectivity index (χ2v) is 5.67. The third-order valence-electron chi connectivity index (χ3n) is 3.88. The molecule has 5 heteroatoms. The molecule has 0 aliphatic heterocycles. The number of hydrogen-bond donors (Lipinski definition) is 0. The summed E-state index contributed by atoms with van der Waals surface area (Å²) in [4.78, 5) is 6.05. The number of nitrogens with zero attached hydrogens (tertiary/aromatic N) is 4. The maximum atomic E-state index is 14.5. The highest BCUT2D eigenvalue weighted by atomic mass is 19.1. The molecule has 0 atom stereocenters. The van der Waals surface area contributed by atoms with Crippen molar-refractivity contribution in [3.05, 3.63) is 89.7 Å². The Morgan fingerprint density at radius 2 is 1.36 bits per heavy atom. The van der Waals surface area contributed by atoms with E-state index in [0.717, 1.165) is 11.1 Å². The van der Waals surface area contributed by atoms with Gasteiger partial charge in [-0.3, -0.25) is 0 Å². The number of aliphatic imine (C=N–C) groups is 1. The SMILES string of the molecule is Cn1nc2cc(F)c(N=C(c3ccccc3)c3ccccc3)cc2n1. The van der Waals surface area contributed by atoms with Gasteiger partial charge in [-0.2, -0.15) is 15.0 Å². The minimum absolute atomic E-state index is 0.246. The van der Waals surface area contributed by atoms with Crippen LogP contribution in [0.25, 0.3) is 11.0 Å². The van der Waals surface area contributed by atoms with E-state index in [-0.39, 0.29) is 5.69 Å². The average Bonchev–Trinajstić information content (AvgIpc) is 3.00. The summed E-state index contributed by atoms with van der Waals surface area (Å²) in [7, 11) is 1.71. The van der Waals surface area contributed by atoms with Crippen LogP contribution in [0.1, 0.15) is 11.1 Å². The molecule has 0 aliphatic carbocycles. The van der Waals surface area contributed by atoms with Crippen molar-refractivity contribution in [2.45, 2.75) is 0 Å². The van der Waals surface area contributed by atoms with E-state index in [9.17, 15) is 4.39 Å². The Hall–Kier alpha value is -3.34. The van der Waals surface area contributed by atoms with Gasteiger partial charge in [-0.25, -0.2) is 9.38 Å². The molecule has 0 radical (unpaired) electrons. The van der Waals surface area contributed by atoms with Crippen LogP contribution in [0, 0.1) is 5.82 Å². The molecule has 0 bridgehead atoms. The van der Waals surface area contributed by atoms with Gasteiger partial charge in [0.1, 0.15) is 16.7 Å². The van der Waals surface area contributed by atoms with Gasteiger partial charge >= 0.3 is 0 Å². The largest absolute Gasteiger partial charge is 0.245 e. The molecule has 4 rings (SSSR count). The topological polar surface area (TPSA) is 43.1 Å². The summed E-state index contributed by atoms with van der Waals surface area (Å²) < 4.78 is 14.5. The van der Waals surface area contributed by atoms with E-state index < -0.39 is 5.82 Å². The molecule has 0 spiro atoms. The lowest BCUT2D eigenvalue weighted by Gasteiger charge is -2.08. The number of aryl methyl sites for hydroxylation is 1. The van der Waals surface area contributed by atoms with Gasteiger partial charge < -0.3 is 0 Å². The first kappa shape index (κ1) is 15.2. The van der Waals surface area contributed by atoms with Crippen molar-refractivity contribution in [3.63, 3.8) is 0 Å². The van der Waals surface area contributed by atoms with Crippen LogP contribution in [0.4, 0.5) is 10.1 Å². The molecule has 3 aromatic carbocycles. The Bertz CT molecular complexity index is 1010. The van der Waals surface area contributed by atoms with E-state index in [2.05, 4.69) is 15.2 Å². The van der Waals surface area contributed by atoms with E-state index in [1.807, 2.05) is 60.7 Å². The summed E-state index contributed by atoms with van der Waals surface area (Å²) in [6, 6.07) is 22.5. The van der Waals surface area contributed by atoms with Gasteiger partial charge in [-0.05, 0) is 6.07 Å². The van der Waals surface area contributed by atoms with Crippen molar-refractivity contribution < 1.29 is 4.39 Å². The fraction of sp³-hybridized carbons (Fsp3) is 0.0500. The van der Waals surface area contributed by atoms with Crippen molar-refractivity contribution in [3.8, 4) is 0 Å². The fourth-order valence-electron chi connectivity index (χ4n) is 2.73. The quantitative estimate of drug-likeness (QED) is 0.526. The van der Waals surface area contributed by atoms with Gasteiger partial charge in [-0.1, -0.05) is 60.7 Å². The van der Waals surface area contributed by atoms with Crippen molar-refractivity contribution in [2.75, 3.05) is 0 Å². The Balaban J connectivity index is 1.91. The molecule has 0 unspecified atom stereocenters. The van der Waals surface area contributed by atoms with Gasteiger partial charge in [0, 0.05) is 24.2 Å². The zero-order valence-electron chi connectivity index (χ0n) is 13.6. The summed E-state index contributed by atoms with van der Waals surface area (Å²) >= 11 is 0. The molecule has 25 heavy (non-hydrogen) atoms. The van der Waals surface area contributed by atoms with Crippen LogP contribution in [0.5, 0.6) is 0 Å². The van der Waals surface area contributed by atoms with Crippen molar-refractivity contribution >= 4 is 22.4 Å². The van der Waals surface area contributed by atoms with Crippen LogP contribution < -0.4 is 0 Å². The highest BCUT2D eigenvalue weighted by molar-refractivity contribution is 6.14. The number of fused-ring (bicyclic) bond motifs is 1. The average molecular weight is 330 g/mol. The van der Waals surface area contributed by atoms with Crippen LogP contribution in [-0.2, 0) is 7.05 Å². The lowest BCUT2D eigenvalue weighted by molar-refractivity contribution is 0.631. The van der Waals surface area contributed by atoms with Crippen molar-refractivity contribution in [1.82, 2.24) is 15.0 Å². The summed E-state index contributed by atoms with van der Waals surface area (Å²) in [5.74, 6) is -0.419. The molecule has 0 fully saturated rings. The summed E-state index contributed by atoms with van der Waals surface area (Å²) in [5.41, 5.74) is 3.93. The second kappa shape index (κ2) is 6.28. The molecule has 122 valence electrons. The van der Waals surface area contributed by atoms with E-state index in [1.54, 1.807) is 13.1 Å². The molecule has 0 aliphatic rings. The molecule has 0 N–H and O–H groups in total. The number of aromatic nitrogens is 3. The van der Waals surface area contributed by atoms with Crippen LogP contribution in [0.2, 0.25) is 0 Å². The Kier molecular flexibility index (Phi) is 3.82. The fourth-order valence-corrected chi connectivity index (χ4v) is 2.73. The summed E-state index contributed by atoms with van der Waals surface area (Å²) in [5, 5.41) is 8.36. The van der Waals surface area contributed by atoms with E-state index in [4.69, 9.17) is 0 Å². The van der Waals surface area contributed by atoms with Gasteiger partial charge in [0.05, 0.1) is 5.71 Å². The lowest BCUT2D eigenvalue weighted by Crippen LogP contribution is -2.02. The monoisotopic (exact) mass is 330 g/mol. The van der Waals surface area contributed by atoms with Crippen LogP contribution in [-0.4, -0.2) is 20.7 Å². The van der Waals surface area contributed by atoms with Gasteiger partial charge in [0.25, 0.3) is 0 Å². The van der Waals surface area contributed by atoms with Crippen LogP contribution in [0.3, 0.4) is 0 Å². The maximum Gasteiger partial charge on any atom is 0.151 e. The Labute approximate surface area is 144 Å². The second-order valence-electron chi connectivity index (χ2n) is 5.67. The lowest BCUT2D eigenvalue weighted by atomic mass is 10.0. The smallest absolute Gasteiger partial charge is 0.151 e. The van der Waals surface area contributed by atoms with Crippen LogP contribution >= 0.6 is 0 Å². The van der Waals surface area contributed by atoms with E-state index in [1.165, 1.54) is 10.9 Å². The predicted octanol–water partition coefficient (Wildman–Crippen LogP) is 4.28. The summed E-state index contributed by atoms with van der Waals surface area (Å²) in [6.45, 7) is 0. The van der Waals surface area contributed by atoms with Gasteiger partial charge in [-0.15, -0.1) is 0 Å². The molecule has 1 heterocycles. The first-order valence-electron chi connectivity index (χ1n) is 7.91. The standard InChI is InChI=1S/C20H15FN4/c1-25-23-18-12-16(21)17(13-19(18)24-25)22-20(14-8-4-2-5-9-14)15-10-6-3-7-11-15/h2-13H,1H3. The minimum Gasteiger partial charge on any atom is -0.245 e. The van der Waals surface area contributed by atoms with Crippen LogP contribution in [0.15, 0.2) is 77.8 Å². The minimum atomic E-state index is -0.419. The van der Waals surface area contributed by atoms with Crippen molar-refractivity contribution in [2.24, 2.45) is 12.0 Å². The van der Waals surface area contributed by atoms with E-state index >= 15 is 0 Å². The third kappa shape index (κ3) is 3.04. The molecule has 0 amide bonds. The zero-order chi connectivity index (χ0) is 17.2. The maximum absolute atomic E-state index is 14.5. The number of benzene rings is 3. The van der Waals surface area contributed by atoms with E-state index in [0.29, 0.717) is 16.7 Å². The molecule has 4 nitrogen and oxygen atoms in total. The molecule has 0 saturated carbocycles. The summed E-state index contributed by atoms with van der Waals surface area (Å²) in [6.07, 6.45) is 0. The molecular formula is C20H15FN4. The Morgan fingerprint density at radius 3 is 1.92 bits per heavy atom. The zero-order valence-corrected chi connectivity index (χ0v) is 13.6. The highest BCUT2D eigenvalue weighted by Gasteiger charge is 2.12. The van der Waals surface area contributed by atoms with Gasteiger partial charge in [0.2, 0.25) is 0 Å². The number of halogens is 1. The normalized spacial score (nSPS) is 10.8. The first-order chi connectivity index (χ1) is 12.2. The molecule has 1 aromatic heterocycles. The highest BCUT2D eigenvalue weighted by Crippen LogP contribution is 2.25. The van der Waals surface area contributed by atoms with Crippen molar-refractivity contribution in [1.29, 1.82) is 0 Å². The predicted molar refractivity (Wildman–Crippen MR) is 96.7 cm³/mol. The van der Waals surface area contributed by atoms with Gasteiger partial charge in [0.15, 0.2) is 5.82 Å². The molecule has 0 saturated heterocycles. The number of rotatable bonds is 3. The number of hydrogen-bond acceptors (Lipinski definition) is 3. The third-order valence-corrected chi connectivity index (χ3v) is 3.88. The first-order valence-corrected chi connectivity index (χ1v) is 7.91. The molecule has 4 aromatic rings. The Morgan fingerprint density at radius 1 is 0.840 bits per heavy atom.